The molecule has 1 N–H and O–H groups in total. The molecule has 3 heterocycles. The second-order valence-electron chi connectivity index (χ2n) is 11.6. The van der Waals surface area contributed by atoms with E-state index in [0.29, 0.717) is 6.42 Å². The number of aromatic nitrogens is 1. The molecule has 1 aromatic heterocycles. The molecule has 1 aromatic carbocycles. The Balaban J connectivity index is 1.91. The molecule has 14 heteroatoms. The fraction of sp³-hybridized carbons (Fsp3) is 0.552. The number of ether oxygens (including phenoxy) is 3. The molecule has 0 bridgehead atoms. The number of benzene rings is 1. The van der Waals surface area contributed by atoms with Crippen molar-refractivity contribution in [2.45, 2.75) is 76.9 Å². The molecule has 4 rings (SSSR count). The van der Waals surface area contributed by atoms with E-state index in [4.69, 9.17) is 14.2 Å². The molecule has 8 nitrogen and oxygen atoms in total. The van der Waals surface area contributed by atoms with Crippen LogP contribution in [0.2, 0.25) is 0 Å². The van der Waals surface area contributed by atoms with E-state index in [0.717, 1.165) is 35.4 Å². The number of carboxylic acid groups (broad SMARTS) is 1. The Morgan fingerprint density at radius 2 is 1.79 bits per heavy atom. The van der Waals surface area contributed by atoms with Crippen molar-refractivity contribution in [3.63, 3.8) is 0 Å². The van der Waals surface area contributed by atoms with Crippen LogP contribution in [0.1, 0.15) is 62.0 Å². The van der Waals surface area contributed by atoms with Gasteiger partial charge in [0, 0.05) is 29.8 Å². The molecule has 0 unspecified atom stereocenters. The molecule has 1 amide bonds. The number of carboxylic acids is 1. The summed E-state index contributed by atoms with van der Waals surface area (Å²) in [5, 5.41) is 10.4. The first-order chi connectivity index (χ1) is 20.0. The molecular weight excluding hydrogens is 586 g/mol. The van der Waals surface area contributed by atoms with Gasteiger partial charge in [-0.25, -0.2) is 4.79 Å². The minimum Gasteiger partial charge on any atom is -0.496 e. The van der Waals surface area contributed by atoms with Crippen LogP contribution in [0.25, 0.3) is 0 Å². The fourth-order valence-corrected chi connectivity index (χ4v) is 6.00. The van der Waals surface area contributed by atoms with Crippen molar-refractivity contribution in [3.8, 4) is 5.75 Å². The summed E-state index contributed by atoms with van der Waals surface area (Å²) in [5.74, 6) is -3.38. The van der Waals surface area contributed by atoms with Gasteiger partial charge in [0.05, 0.1) is 31.4 Å². The van der Waals surface area contributed by atoms with E-state index < -0.39 is 83.3 Å². The lowest BCUT2D eigenvalue weighted by atomic mass is 9.73. The SMILES string of the molecule is COc1ccc(C(F)(F)F)cc1CO[C@@H]1[C@H](C(C)(C)C)[C@@H](C(=O)O)N(C(=O)[C@@H]2CCCO2)[C@H]1c1cccnc1C(F)(F)F. The standard InChI is InChI=1S/C29H32F6N2O6/c1-27(2,3)20-22(26(39)40)37(25(38)19-8-6-12-42-19)21(17-7-5-11-36-24(17)29(33,34)35)23(20)43-14-15-13-16(28(30,31)32)9-10-18(15)41-4/h5,7,9-11,13,19-23H,6,8,12,14H2,1-4H3,(H,39,40)/t19-,20+,21-,22-,23+/m0/s1. The Bertz CT molecular complexity index is 1340. The lowest BCUT2D eigenvalue weighted by molar-refractivity contribution is -0.157. The highest BCUT2D eigenvalue weighted by Crippen LogP contribution is 2.52. The number of rotatable bonds is 7. The average molecular weight is 619 g/mol. The number of hydrogen-bond donors (Lipinski definition) is 1. The van der Waals surface area contributed by atoms with Crippen molar-refractivity contribution in [1.82, 2.24) is 9.88 Å². The predicted molar refractivity (Wildman–Crippen MR) is 139 cm³/mol. The van der Waals surface area contributed by atoms with Crippen molar-refractivity contribution < 1.29 is 55.2 Å². The van der Waals surface area contributed by atoms with E-state index in [2.05, 4.69) is 4.98 Å². The molecule has 2 saturated heterocycles. The second-order valence-corrected chi connectivity index (χ2v) is 11.6. The lowest BCUT2D eigenvalue weighted by Crippen LogP contribution is -2.50. The zero-order chi connectivity index (χ0) is 31.9. The number of hydrogen-bond acceptors (Lipinski definition) is 6. The van der Waals surface area contributed by atoms with Gasteiger partial charge >= 0.3 is 18.3 Å². The summed E-state index contributed by atoms with van der Waals surface area (Å²) >= 11 is 0. The molecule has 2 aromatic rings. The number of halogens is 6. The van der Waals surface area contributed by atoms with Crippen LogP contribution in [0, 0.1) is 11.3 Å². The Morgan fingerprint density at radius 3 is 2.33 bits per heavy atom. The second kappa shape index (κ2) is 11.9. The summed E-state index contributed by atoms with van der Waals surface area (Å²) in [6, 6.07) is 1.75. The number of amides is 1. The molecule has 0 aliphatic carbocycles. The monoisotopic (exact) mass is 618 g/mol. The highest BCUT2D eigenvalue weighted by molar-refractivity contribution is 5.88. The van der Waals surface area contributed by atoms with Crippen LogP contribution in [0.4, 0.5) is 26.3 Å². The van der Waals surface area contributed by atoms with E-state index in [9.17, 15) is 41.0 Å². The van der Waals surface area contributed by atoms with Crippen LogP contribution in [0.15, 0.2) is 36.5 Å². The number of methoxy groups -OCH3 is 1. The van der Waals surface area contributed by atoms with Gasteiger partial charge in [-0.2, -0.15) is 26.3 Å². The molecular formula is C29H32F6N2O6. The Kier molecular flexibility index (Phi) is 9.04. The quantitative estimate of drug-likeness (QED) is 0.387. The molecule has 0 radical (unpaired) electrons. The lowest BCUT2D eigenvalue weighted by Gasteiger charge is -2.35. The maximum absolute atomic E-state index is 14.3. The molecule has 2 fully saturated rings. The number of carbonyl (C=O) groups excluding carboxylic acids is 1. The molecule has 0 saturated carbocycles. The smallest absolute Gasteiger partial charge is 0.433 e. The molecule has 5 atom stereocenters. The van der Waals surface area contributed by atoms with E-state index in [1.807, 2.05) is 0 Å². The third-order valence-electron chi connectivity index (χ3n) is 7.78. The first-order valence-corrected chi connectivity index (χ1v) is 13.5. The summed E-state index contributed by atoms with van der Waals surface area (Å²) in [6.45, 7) is 4.58. The van der Waals surface area contributed by atoms with Crippen molar-refractivity contribution in [2.24, 2.45) is 11.3 Å². The van der Waals surface area contributed by atoms with Crippen molar-refractivity contribution >= 4 is 11.9 Å². The maximum Gasteiger partial charge on any atom is 0.433 e. The van der Waals surface area contributed by atoms with E-state index in [-0.39, 0.29) is 24.3 Å². The van der Waals surface area contributed by atoms with Gasteiger partial charge in [0.25, 0.3) is 5.91 Å². The van der Waals surface area contributed by atoms with Gasteiger partial charge in [-0.3, -0.25) is 9.78 Å². The molecule has 2 aliphatic heterocycles. The maximum atomic E-state index is 14.3. The van der Waals surface area contributed by atoms with Gasteiger partial charge in [0.1, 0.15) is 23.6 Å². The summed E-state index contributed by atoms with van der Waals surface area (Å²) in [6.07, 6.45) is -10.5. The van der Waals surface area contributed by atoms with Crippen molar-refractivity contribution in [3.05, 3.63) is 58.9 Å². The minimum absolute atomic E-state index is 0.0225. The van der Waals surface area contributed by atoms with E-state index in [1.54, 1.807) is 20.8 Å². The molecule has 236 valence electrons. The van der Waals surface area contributed by atoms with Crippen LogP contribution in [0.5, 0.6) is 5.75 Å². The van der Waals surface area contributed by atoms with Gasteiger partial charge in [-0.15, -0.1) is 0 Å². The summed E-state index contributed by atoms with van der Waals surface area (Å²) < 4.78 is 100. The Labute approximate surface area is 243 Å². The molecule has 43 heavy (non-hydrogen) atoms. The van der Waals surface area contributed by atoms with Crippen LogP contribution < -0.4 is 4.74 Å². The number of nitrogens with zero attached hydrogens (tertiary/aromatic N) is 2. The topological polar surface area (TPSA) is 98.2 Å². The fourth-order valence-electron chi connectivity index (χ4n) is 6.00. The van der Waals surface area contributed by atoms with Crippen molar-refractivity contribution in [1.29, 1.82) is 0 Å². The average Bonchev–Trinajstić information content (AvgIpc) is 3.57. The van der Waals surface area contributed by atoms with Gasteiger partial charge in [0.2, 0.25) is 0 Å². The third-order valence-corrected chi connectivity index (χ3v) is 7.78. The number of pyridine rings is 1. The Morgan fingerprint density at radius 1 is 1.09 bits per heavy atom. The van der Waals surface area contributed by atoms with Gasteiger partial charge in [-0.05, 0) is 42.5 Å². The summed E-state index contributed by atoms with van der Waals surface area (Å²) in [7, 11) is 1.23. The summed E-state index contributed by atoms with van der Waals surface area (Å²) in [4.78, 5) is 31.1. The third kappa shape index (κ3) is 6.59. The molecule has 0 spiro atoms. The highest BCUT2D eigenvalue weighted by atomic mass is 19.4. The first kappa shape index (κ1) is 32.5. The van der Waals surface area contributed by atoms with Gasteiger partial charge in [0.15, 0.2) is 0 Å². The molecule has 2 aliphatic rings. The van der Waals surface area contributed by atoms with E-state index in [1.165, 1.54) is 13.2 Å². The number of alkyl halides is 6. The minimum atomic E-state index is -4.98. The number of carbonyl (C=O) groups is 2. The zero-order valence-electron chi connectivity index (χ0n) is 23.8. The van der Waals surface area contributed by atoms with Crippen LogP contribution >= 0.6 is 0 Å². The number of aliphatic carboxylic acids is 1. The predicted octanol–water partition coefficient (Wildman–Crippen LogP) is 5.89. The summed E-state index contributed by atoms with van der Waals surface area (Å²) in [5.41, 5.74) is -3.89. The normalized spacial score (nSPS) is 24.8. The van der Waals surface area contributed by atoms with Crippen LogP contribution in [0.3, 0.4) is 0 Å². The van der Waals surface area contributed by atoms with Crippen LogP contribution in [-0.4, -0.2) is 58.8 Å². The van der Waals surface area contributed by atoms with Crippen LogP contribution in [-0.2, 0) is 38.0 Å². The van der Waals surface area contributed by atoms with E-state index >= 15 is 0 Å². The zero-order valence-corrected chi connectivity index (χ0v) is 23.8. The van der Waals surface area contributed by atoms with Gasteiger partial charge in [-0.1, -0.05) is 26.8 Å². The van der Waals surface area contributed by atoms with Crippen molar-refractivity contribution in [2.75, 3.05) is 13.7 Å². The first-order valence-electron chi connectivity index (χ1n) is 13.5. The highest BCUT2D eigenvalue weighted by Gasteiger charge is 2.61. The largest absolute Gasteiger partial charge is 0.496 e. The Hall–Kier alpha value is -3.39. The number of likely N-dealkylation sites (tertiary alicyclic amines) is 1. The van der Waals surface area contributed by atoms with Gasteiger partial charge < -0.3 is 24.2 Å².